The molecule has 0 saturated heterocycles. The lowest BCUT2D eigenvalue weighted by molar-refractivity contribution is 0.668. The van der Waals surface area contributed by atoms with Gasteiger partial charge in [0.25, 0.3) is 0 Å². The predicted octanol–water partition coefficient (Wildman–Crippen LogP) is 12.7. The lowest BCUT2D eigenvalue weighted by Gasteiger charge is -2.24. The molecule has 0 radical (unpaired) electrons. The van der Waals surface area contributed by atoms with Crippen LogP contribution in [0.1, 0.15) is 22.9 Å². The molecule has 1 aromatic heterocycles. The number of rotatable bonds is 7. The maximum atomic E-state index is 6.72. The highest BCUT2D eigenvalue weighted by Gasteiger charge is 2.25. The van der Waals surface area contributed by atoms with Crippen LogP contribution >= 0.6 is 0 Å². The fraction of sp³-hybridized carbons (Fsp3) is 0.0196. The van der Waals surface area contributed by atoms with E-state index < -0.39 is 0 Å². The van der Waals surface area contributed by atoms with E-state index in [1.807, 2.05) is 48.5 Å². The zero-order valence-corrected chi connectivity index (χ0v) is 29.9. The molecule has 9 aromatic rings. The SMILES string of the molecule is c1ccc(C2=NC(c3ccccc3)NC(c3ccc(-c4ccc(-c5cc(-c6ccccc6)cc(-c6ccccc6)c5)cc4)c4oc5ccccc5c34)=N2)cc1. The van der Waals surface area contributed by atoms with Crippen LogP contribution in [0.2, 0.25) is 0 Å². The molecule has 0 aliphatic carbocycles. The Morgan fingerprint density at radius 3 is 1.53 bits per heavy atom. The van der Waals surface area contributed by atoms with Crippen molar-refractivity contribution in [3.63, 3.8) is 0 Å². The second-order valence-electron chi connectivity index (χ2n) is 13.8. The fourth-order valence-corrected chi connectivity index (χ4v) is 7.59. The number of para-hydroxylation sites is 1. The Morgan fingerprint density at radius 1 is 0.418 bits per heavy atom. The molecule has 0 saturated carbocycles. The van der Waals surface area contributed by atoms with Gasteiger partial charge in [-0.1, -0.05) is 164 Å². The van der Waals surface area contributed by atoms with E-state index in [4.69, 9.17) is 14.4 Å². The van der Waals surface area contributed by atoms with E-state index >= 15 is 0 Å². The lowest BCUT2D eigenvalue weighted by Crippen LogP contribution is -2.33. The Kier molecular flexibility index (Phi) is 8.19. The molecule has 55 heavy (non-hydrogen) atoms. The topological polar surface area (TPSA) is 49.9 Å². The van der Waals surface area contributed by atoms with Crippen LogP contribution in [0, 0.1) is 0 Å². The maximum absolute atomic E-state index is 6.72. The quantitative estimate of drug-likeness (QED) is 0.179. The summed E-state index contributed by atoms with van der Waals surface area (Å²) < 4.78 is 6.72. The van der Waals surface area contributed by atoms with Crippen LogP contribution in [0.5, 0.6) is 0 Å². The van der Waals surface area contributed by atoms with Gasteiger partial charge >= 0.3 is 0 Å². The zero-order chi connectivity index (χ0) is 36.6. The first-order chi connectivity index (χ1) is 27.2. The van der Waals surface area contributed by atoms with Gasteiger partial charge in [-0.25, -0.2) is 9.98 Å². The summed E-state index contributed by atoms with van der Waals surface area (Å²) >= 11 is 0. The Balaban J connectivity index is 1.08. The number of furan rings is 1. The Bertz CT molecular complexity index is 2800. The summed E-state index contributed by atoms with van der Waals surface area (Å²) in [5.41, 5.74) is 13.9. The minimum absolute atomic E-state index is 0.299. The number of nitrogens with one attached hydrogen (secondary N) is 1. The van der Waals surface area contributed by atoms with Gasteiger partial charge in [-0.2, -0.15) is 0 Å². The molecule has 1 aliphatic rings. The summed E-state index contributed by atoms with van der Waals surface area (Å²) in [6.45, 7) is 0. The first-order valence-corrected chi connectivity index (χ1v) is 18.6. The van der Waals surface area contributed by atoms with Crippen molar-refractivity contribution in [2.24, 2.45) is 9.98 Å². The Hall–Kier alpha value is -7.30. The molecule has 0 spiro atoms. The number of aliphatic imine (C=N–C) groups is 2. The molecule has 260 valence electrons. The van der Waals surface area contributed by atoms with Crippen LogP contribution in [-0.2, 0) is 0 Å². The summed E-state index contributed by atoms with van der Waals surface area (Å²) in [5.74, 6) is 1.45. The largest absolute Gasteiger partial charge is 0.455 e. The molecule has 10 rings (SSSR count). The maximum Gasteiger partial charge on any atom is 0.159 e. The van der Waals surface area contributed by atoms with Crippen LogP contribution in [0.25, 0.3) is 66.4 Å². The van der Waals surface area contributed by atoms with E-state index in [2.05, 4.69) is 157 Å². The number of nitrogens with zero attached hydrogens (tertiary/aromatic N) is 2. The fourth-order valence-electron chi connectivity index (χ4n) is 7.59. The van der Waals surface area contributed by atoms with E-state index in [0.29, 0.717) is 5.84 Å². The van der Waals surface area contributed by atoms with Crippen molar-refractivity contribution in [3.05, 3.63) is 217 Å². The summed E-state index contributed by atoms with van der Waals surface area (Å²) in [6, 6.07) is 70.0. The van der Waals surface area contributed by atoms with Gasteiger partial charge in [-0.15, -0.1) is 0 Å². The van der Waals surface area contributed by atoms with Crippen molar-refractivity contribution in [2.45, 2.75) is 6.17 Å². The molecule has 1 N–H and O–H groups in total. The van der Waals surface area contributed by atoms with E-state index in [9.17, 15) is 0 Å². The molecule has 4 heteroatoms. The third kappa shape index (κ3) is 6.20. The second kappa shape index (κ2) is 13.9. The first kappa shape index (κ1) is 32.4. The van der Waals surface area contributed by atoms with Gasteiger partial charge < -0.3 is 9.73 Å². The zero-order valence-electron chi connectivity index (χ0n) is 29.9. The number of benzene rings is 8. The van der Waals surface area contributed by atoms with Gasteiger partial charge in [-0.3, -0.25) is 0 Å². The Morgan fingerprint density at radius 2 is 0.909 bits per heavy atom. The molecule has 0 fully saturated rings. The molecular weight excluding hydrogens is 671 g/mol. The van der Waals surface area contributed by atoms with Crippen molar-refractivity contribution < 1.29 is 4.42 Å². The van der Waals surface area contributed by atoms with E-state index in [-0.39, 0.29) is 6.17 Å². The molecule has 2 heterocycles. The molecule has 0 bridgehead atoms. The second-order valence-corrected chi connectivity index (χ2v) is 13.8. The molecular formula is C51H35N3O. The van der Waals surface area contributed by atoms with Crippen molar-refractivity contribution in [1.29, 1.82) is 0 Å². The molecule has 8 aromatic carbocycles. The van der Waals surface area contributed by atoms with Crippen LogP contribution < -0.4 is 5.32 Å². The smallest absolute Gasteiger partial charge is 0.159 e. The van der Waals surface area contributed by atoms with E-state index in [1.165, 1.54) is 27.8 Å². The summed E-state index contributed by atoms with van der Waals surface area (Å²) in [5, 5.41) is 5.73. The minimum atomic E-state index is -0.299. The third-order valence-corrected chi connectivity index (χ3v) is 10.3. The van der Waals surface area contributed by atoms with Crippen molar-refractivity contribution in [3.8, 4) is 44.5 Å². The normalized spacial score (nSPS) is 14.0. The van der Waals surface area contributed by atoms with Crippen molar-refractivity contribution in [2.75, 3.05) is 0 Å². The standard InChI is InChI=1S/C51H35N3O/c1-5-15-34(16-6-1)40-31-41(35-17-7-2-8-18-35)33-42(32-40)36-25-27-37(28-26-36)43-29-30-45(47-44-23-13-14-24-46(44)55-48(43)47)51-53-49(38-19-9-3-10-20-38)52-50(54-51)39-21-11-4-12-22-39/h1-33,49H,(H,52,53,54). The molecule has 1 unspecified atom stereocenters. The van der Waals surface area contributed by atoms with Crippen molar-refractivity contribution in [1.82, 2.24) is 5.32 Å². The highest BCUT2D eigenvalue weighted by atomic mass is 16.3. The van der Waals surface area contributed by atoms with Crippen LogP contribution in [0.3, 0.4) is 0 Å². The van der Waals surface area contributed by atoms with Crippen LogP contribution in [-0.4, -0.2) is 11.7 Å². The minimum Gasteiger partial charge on any atom is -0.455 e. The molecule has 1 aliphatic heterocycles. The van der Waals surface area contributed by atoms with Crippen LogP contribution in [0.15, 0.2) is 215 Å². The average molecular weight is 706 g/mol. The summed E-state index contributed by atoms with van der Waals surface area (Å²) in [6.07, 6.45) is -0.299. The van der Waals surface area contributed by atoms with Gasteiger partial charge in [0.15, 0.2) is 5.84 Å². The summed E-state index contributed by atoms with van der Waals surface area (Å²) in [4.78, 5) is 10.2. The van der Waals surface area contributed by atoms with Gasteiger partial charge in [-0.05, 0) is 80.9 Å². The molecule has 0 amide bonds. The van der Waals surface area contributed by atoms with E-state index in [1.54, 1.807) is 0 Å². The number of hydrogen-bond acceptors (Lipinski definition) is 4. The van der Waals surface area contributed by atoms with E-state index in [0.717, 1.165) is 61.2 Å². The lowest BCUT2D eigenvalue weighted by atomic mass is 9.92. The summed E-state index contributed by atoms with van der Waals surface area (Å²) in [7, 11) is 0. The van der Waals surface area contributed by atoms with Gasteiger partial charge in [0.05, 0.1) is 0 Å². The van der Waals surface area contributed by atoms with Gasteiger partial charge in [0, 0.05) is 27.5 Å². The Labute approximate surface area is 319 Å². The van der Waals surface area contributed by atoms with Gasteiger partial charge in [0.1, 0.15) is 23.2 Å². The number of amidine groups is 2. The third-order valence-electron chi connectivity index (χ3n) is 10.3. The highest BCUT2D eigenvalue weighted by molar-refractivity contribution is 6.23. The highest BCUT2D eigenvalue weighted by Crippen LogP contribution is 2.40. The van der Waals surface area contributed by atoms with Crippen LogP contribution in [0.4, 0.5) is 0 Å². The molecule has 4 nitrogen and oxygen atoms in total. The average Bonchev–Trinajstić information content (AvgIpc) is 3.67. The van der Waals surface area contributed by atoms with Gasteiger partial charge in [0.2, 0.25) is 0 Å². The number of hydrogen-bond donors (Lipinski definition) is 1. The molecule has 1 atom stereocenters. The van der Waals surface area contributed by atoms with Crippen molar-refractivity contribution >= 4 is 33.6 Å². The number of fused-ring (bicyclic) bond motifs is 3. The first-order valence-electron chi connectivity index (χ1n) is 18.6. The monoisotopic (exact) mass is 705 g/mol. The predicted molar refractivity (Wildman–Crippen MR) is 227 cm³/mol.